The summed E-state index contributed by atoms with van der Waals surface area (Å²) in [5, 5.41) is 11.8. The van der Waals surface area contributed by atoms with Crippen molar-refractivity contribution >= 4 is 0 Å². The highest BCUT2D eigenvalue weighted by molar-refractivity contribution is 5.16. The number of aromatic nitrogens is 1. The van der Waals surface area contributed by atoms with E-state index in [2.05, 4.69) is 48.3 Å². The third kappa shape index (κ3) is 3.39. The molecule has 1 aromatic rings. The van der Waals surface area contributed by atoms with Crippen LogP contribution in [0.2, 0.25) is 0 Å². The molecule has 0 spiro atoms. The number of rotatable bonds is 6. The number of nitrogens with one attached hydrogen (secondary N) is 1. The summed E-state index contributed by atoms with van der Waals surface area (Å²) in [5.74, 6) is 0.583. The SMILES string of the molecule is CNC(c1ccn(CCCC#N)c1)C(C)C. The van der Waals surface area contributed by atoms with Crippen molar-refractivity contribution in [1.29, 1.82) is 5.26 Å². The van der Waals surface area contributed by atoms with Gasteiger partial charge in [0.15, 0.2) is 0 Å². The third-order valence-corrected chi connectivity index (χ3v) is 2.82. The first-order valence-electron chi connectivity index (χ1n) is 5.89. The minimum absolute atomic E-state index is 0.414. The Morgan fingerprint density at radius 3 is 2.81 bits per heavy atom. The van der Waals surface area contributed by atoms with Crippen LogP contribution in [0.4, 0.5) is 0 Å². The second kappa shape index (κ2) is 6.34. The molecule has 16 heavy (non-hydrogen) atoms. The van der Waals surface area contributed by atoms with Gasteiger partial charge in [-0.1, -0.05) is 13.8 Å². The molecule has 1 rings (SSSR count). The lowest BCUT2D eigenvalue weighted by molar-refractivity contribution is 0.442. The van der Waals surface area contributed by atoms with Crippen molar-refractivity contribution in [2.75, 3.05) is 7.05 Å². The molecule has 1 heterocycles. The van der Waals surface area contributed by atoms with E-state index < -0.39 is 0 Å². The van der Waals surface area contributed by atoms with Crippen LogP contribution in [0, 0.1) is 17.2 Å². The standard InChI is InChI=1S/C13H21N3/c1-11(2)13(15-3)12-6-9-16(10-12)8-5-4-7-14/h6,9-11,13,15H,4-5,8H2,1-3H3. The molecule has 0 saturated heterocycles. The molecular formula is C13H21N3. The van der Waals surface area contributed by atoms with E-state index in [1.54, 1.807) is 0 Å². The minimum atomic E-state index is 0.414. The molecule has 0 bridgehead atoms. The van der Waals surface area contributed by atoms with Crippen LogP contribution in [0.15, 0.2) is 18.5 Å². The van der Waals surface area contributed by atoms with Crippen LogP contribution >= 0.6 is 0 Å². The largest absolute Gasteiger partial charge is 0.354 e. The van der Waals surface area contributed by atoms with Crippen molar-refractivity contribution in [1.82, 2.24) is 9.88 Å². The van der Waals surface area contributed by atoms with Gasteiger partial charge in [-0.05, 0) is 31.0 Å². The molecular weight excluding hydrogens is 198 g/mol. The molecule has 1 N–H and O–H groups in total. The van der Waals surface area contributed by atoms with Crippen LogP contribution in [-0.2, 0) is 6.54 Å². The number of hydrogen-bond acceptors (Lipinski definition) is 2. The minimum Gasteiger partial charge on any atom is -0.354 e. The van der Waals surface area contributed by atoms with E-state index in [0.717, 1.165) is 13.0 Å². The van der Waals surface area contributed by atoms with Crippen LogP contribution < -0.4 is 5.32 Å². The molecule has 0 fully saturated rings. The van der Waals surface area contributed by atoms with Crippen molar-refractivity contribution in [3.05, 3.63) is 24.0 Å². The van der Waals surface area contributed by atoms with Gasteiger partial charge in [-0.15, -0.1) is 0 Å². The number of aryl methyl sites for hydroxylation is 1. The van der Waals surface area contributed by atoms with Gasteiger partial charge in [0, 0.05) is 31.4 Å². The van der Waals surface area contributed by atoms with Crippen molar-refractivity contribution in [3.63, 3.8) is 0 Å². The lowest BCUT2D eigenvalue weighted by atomic mass is 9.99. The fraction of sp³-hybridized carbons (Fsp3) is 0.615. The summed E-state index contributed by atoms with van der Waals surface area (Å²) in [6.07, 6.45) is 5.83. The second-order valence-electron chi connectivity index (χ2n) is 4.45. The number of hydrogen-bond donors (Lipinski definition) is 1. The zero-order chi connectivity index (χ0) is 12.0. The maximum absolute atomic E-state index is 8.48. The Morgan fingerprint density at radius 2 is 2.25 bits per heavy atom. The van der Waals surface area contributed by atoms with Crippen LogP contribution in [0.25, 0.3) is 0 Å². The fourth-order valence-corrected chi connectivity index (χ4v) is 2.01. The summed E-state index contributed by atoms with van der Waals surface area (Å²) in [6, 6.07) is 4.75. The molecule has 1 unspecified atom stereocenters. The zero-order valence-corrected chi connectivity index (χ0v) is 10.4. The first-order valence-corrected chi connectivity index (χ1v) is 5.89. The predicted molar refractivity (Wildman–Crippen MR) is 65.9 cm³/mol. The Labute approximate surface area is 98.1 Å². The smallest absolute Gasteiger partial charge is 0.0622 e. The Balaban J connectivity index is 2.60. The summed E-state index contributed by atoms with van der Waals surface area (Å²) in [6.45, 7) is 5.37. The van der Waals surface area contributed by atoms with Gasteiger partial charge >= 0.3 is 0 Å². The molecule has 3 nitrogen and oxygen atoms in total. The normalized spacial score (nSPS) is 12.7. The summed E-state index contributed by atoms with van der Waals surface area (Å²) in [7, 11) is 2.00. The first kappa shape index (κ1) is 12.8. The summed E-state index contributed by atoms with van der Waals surface area (Å²) < 4.78 is 2.17. The van der Waals surface area contributed by atoms with Crippen LogP contribution in [0.3, 0.4) is 0 Å². The first-order chi connectivity index (χ1) is 7.69. The Morgan fingerprint density at radius 1 is 1.50 bits per heavy atom. The predicted octanol–water partition coefficient (Wildman–Crippen LogP) is 2.71. The Bertz CT molecular complexity index is 346. The molecule has 0 saturated carbocycles. The zero-order valence-electron chi connectivity index (χ0n) is 10.4. The lowest BCUT2D eigenvalue weighted by Gasteiger charge is -2.18. The molecule has 3 heteroatoms. The van der Waals surface area contributed by atoms with Gasteiger partial charge in [-0.2, -0.15) is 5.26 Å². The topological polar surface area (TPSA) is 40.8 Å². The van der Waals surface area contributed by atoms with Crippen molar-refractivity contribution < 1.29 is 0 Å². The van der Waals surface area contributed by atoms with Crippen LogP contribution in [0.5, 0.6) is 0 Å². The van der Waals surface area contributed by atoms with E-state index in [0.29, 0.717) is 18.4 Å². The molecule has 0 aliphatic heterocycles. The number of unbranched alkanes of at least 4 members (excludes halogenated alkanes) is 1. The highest BCUT2D eigenvalue weighted by atomic mass is 15.0. The number of nitriles is 1. The maximum atomic E-state index is 8.48. The molecule has 0 aliphatic carbocycles. The van der Waals surface area contributed by atoms with Gasteiger partial charge in [0.2, 0.25) is 0 Å². The quantitative estimate of drug-likeness (QED) is 0.747. The third-order valence-electron chi connectivity index (χ3n) is 2.82. The maximum Gasteiger partial charge on any atom is 0.0622 e. The Kier molecular flexibility index (Phi) is 5.07. The van der Waals surface area contributed by atoms with E-state index in [9.17, 15) is 0 Å². The molecule has 1 atom stereocenters. The van der Waals surface area contributed by atoms with Gasteiger partial charge in [-0.3, -0.25) is 0 Å². The summed E-state index contributed by atoms with van der Waals surface area (Å²) in [5.41, 5.74) is 1.33. The summed E-state index contributed by atoms with van der Waals surface area (Å²) >= 11 is 0. The van der Waals surface area contributed by atoms with E-state index in [-0.39, 0.29) is 0 Å². The fourth-order valence-electron chi connectivity index (χ4n) is 2.01. The molecule has 0 aromatic carbocycles. The molecule has 0 radical (unpaired) electrons. The molecule has 0 aliphatic rings. The van der Waals surface area contributed by atoms with Gasteiger partial charge < -0.3 is 9.88 Å². The molecule has 88 valence electrons. The van der Waals surface area contributed by atoms with Gasteiger partial charge in [-0.25, -0.2) is 0 Å². The monoisotopic (exact) mass is 219 g/mol. The lowest BCUT2D eigenvalue weighted by Crippen LogP contribution is -2.21. The van der Waals surface area contributed by atoms with E-state index in [4.69, 9.17) is 5.26 Å². The van der Waals surface area contributed by atoms with Crippen LogP contribution in [-0.4, -0.2) is 11.6 Å². The van der Waals surface area contributed by atoms with Crippen molar-refractivity contribution in [2.45, 2.75) is 39.3 Å². The average Bonchev–Trinajstić information content (AvgIpc) is 2.67. The summed E-state index contributed by atoms with van der Waals surface area (Å²) in [4.78, 5) is 0. The molecule has 1 aromatic heterocycles. The number of nitrogens with zero attached hydrogens (tertiary/aromatic N) is 2. The van der Waals surface area contributed by atoms with E-state index >= 15 is 0 Å². The average molecular weight is 219 g/mol. The highest BCUT2D eigenvalue weighted by Gasteiger charge is 2.14. The second-order valence-corrected chi connectivity index (χ2v) is 4.45. The Hall–Kier alpha value is -1.27. The van der Waals surface area contributed by atoms with Gasteiger partial charge in [0.1, 0.15) is 0 Å². The molecule has 0 amide bonds. The van der Waals surface area contributed by atoms with Gasteiger partial charge in [0.25, 0.3) is 0 Å². The van der Waals surface area contributed by atoms with E-state index in [1.807, 2.05) is 7.05 Å². The van der Waals surface area contributed by atoms with Crippen molar-refractivity contribution in [3.8, 4) is 6.07 Å². The highest BCUT2D eigenvalue weighted by Crippen LogP contribution is 2.21. The van der Waals surface area contributed by atoms with Crippen LogP contribution in [0.1, 0.15) is 38.3 Å². The van der Waals surface area contributed by atoms with Crippen molar-refractivity contribution in [2.24, 2.45) is 5.92 Å². The van der Waals surface area contributed by atoms with E-state index in [1.165, 1.54) is 5.56 Å². The van der Waals surface area contributed by atoms with Gasteiger partial charge in [0.05, 0.1) is 6.07 Å².